The Balaban J connectivity index is 1.62. The van der Waals surface area contributed by atoms with Crippen molar-refractivity contribution in [2.24, 2.45) is 5.92 Å². The molecule has 1 unspecified atom stereocenters. The standard InChI is InChI=1S/C39H41OP/c1-26-24-29(22-23-35(26)41(40,38(2,3)4)39(5,6)7)36-31-16-10-12-18-33(31)37(34-19-13-11-17-32(34)36)30-21-20-27-14-8-9-15-28(27)25-30/h8-23,25-26H,24H2,1-7H3. The summed E-state index contributed by atoms with van der Waals surface area (Å²) in [4.78, 5) is 0. The second kappa shape index (κ2) is 9.85. The van der Waals surface area contributed by atoms with Crippen LogP contribution in [-0.2, 0) is 4.57 Å². The lowest BCUT2D eigenvalue weighted by Gasteiger charge is -2.45. The maximum Gasteiger partial charge on any atom is 0.122 e. The molecule has 0 bridgehead atoms. The molecule has 2 heteroatoms. The Kier molecular flexibility index (Phi) is 6.67. The van der Waals surface area contributed by atoms with E-state index < -0.39 is 7.14 Å². The summed E-state index contributed by atoms with van der Waals surface area (Å²) in [5.74, 6) is 0.206. The molecular formula is C39H41OP. The van der Waals surface area contributed by atoms with Crippen LogP contribution in [0, 0.1) is 5.92 Å². The number of benzene rings is 5. The van der Waals surface area contributed by atoms with Crippen molar-refractivity contribution in [2.45, 2.75) is 65.2 Å². The molecule has 5 aromatic carbocycles. The van der Waals surface area contributed by atoms with Gasteiger partial charge in [-0.25, -0.2) is 0 Å². The minimum absolute atomic E-state index is 0.206. The van der Waals surface area contributed by atoms with Crippen LogP contribution in [0.15, 0.2) is 108 Å². The predicted octanol–water partition coefficient (Wildman–Crippen LogP) is 12.1. The maximum atomic E-state index is 14.9. The van der Waals surface area contributed by atoms with E-state index in [1.54, 1.807) is 0 Å². The zero-order chi connectivity index (χ0) is 29.2. The highest BCUT2D eigenvalue weighted by molar-refractivity contribution is 7.71. The molecule has 1 aliphatic carbocycles. The average Bonchev–Trinajstić information content (AvgIpc) is 2.94. The van der Waals surface area contributed by atoms with Crippen molar-refractivity contribution in [3.63, 3.8) is 0 Å². The Morgan fingerprint density at radius 1 is 0.610 bits per heavy atom. The van der Waals surface area contributed by atoms with E-state index >= 15 is 0 Å². The Labute approximate surface area is 245 Å². The first-order valence-corrected chi connectivity index (χ1v) is 16.6. The molecule has 0 spiro atoms. The highest BCUT2D eigenvalue weighted by Crippen LogP contribution is 2.74. The molecule has 1 aliphatic rings. The first kappa shape index (κ1) is 27.7. The van der Waals surface area contributed by atoms with Crippen LogP contribution >= 0.6 is 7.14 Å². The van der Waals surface area contributed by atoms with Crippen LogP contribution in [0.25, 0.3) is 49.0 Å². The molecule has 1 nitrogen and oxygen atoms in total. The van der Waals surface area contributed by atoms with Gasteiger partial charge in [0, 0.05) is 10.3 Å². The molecular weight excluding hydrogens is 515 g/mol. The van der Waals surface area contributed by atoms with Gasteiger partial charge in [0.1, 0.15) is 7.14 Å². The van der Waals surface area contributed by atoms with Crippen LogP contribution in [-0.4, -0.2) is 10.3 Å². The zero-order valence-corrected chi connectivity index (χ0v) is 26.3. The van der Waals surface area contributed by atoms with Crippen molar-refractivity contribution in [2.75, 3.05) is 0 Å². The van der Waals surface area contributed by atoms with Crippen molar-refractivity contribution in [3.8, 4) is 11.1 Å². The van der Waals surface area contributed by atoms with Crippen LogP contribution in [0.2, 0.25) is 0 Å². The molecule has 0 heterocycles. The van der Waals surface area contributed by atoms with Gasteiger partial charge >= 0.3 is 0 Å². The molecule has 208 valence electrons. The molecule has 0 N–H and O–H groups in total. The third kappa shape index (κ3) is 4.41. The molecule has 0 fully saturated rings. The van der Waals surface area contributed by atoms with Crippen LogP contribution in [0.1, 0.15) is 60.5 Å². The Hall–Kier alpha value is -3.41. The third-order valence-corrected chi connectivity index (χ3v) is 14.1. The quantitative estimate of drug-likeness (QED) is 0.160. The summed E-state index contributed by atoms with van der Waals surface area (Å²) in [6.07, 6.45) is 5.39. The highest BCUT2D eigenvalue weighted by atomic mass is 31.2. The molecule has 0 amide bonds. The van der Waals surface area contributed by atoms with E-state index in [0.717, 1.165) is 11.7 Å². The molecule has 0 radical (unpaired) electrons. The Morgan fingerprint density at radius 3 is 1.61 bits per heavy atom. The van der Waals surface area contributed by atoms with Gasteiger partial charge in [0.2, 0.25) is 0 Å². The Morgan fingerprint density at radius 2 is 1.10 bits per heavy atom. The third-order valence-electron chi connectivity index (χ3n) is 9.03. The van der Waals surface area contributed by atoms with Crippen molar-refractivity contribution in [1.82, 2.24) is 0 Å². The van der Waals surface area contributed by atoms with Gasteiger partial charge < -0.3 is 4.57 Å². The van der Waals surface area contributed by atoms with E-state index in [0.29, 0.717) is 0 Å². The smallest absolute Gasteiger partial charge is 0.122 e. The van der Waals surface area contributed by atoms with Crippen molar-refractivity contribution < 1.29 is 4.57 Å². The minimum Gasteiger partial charge on any atom is -0.318 e. The highest BCUT2D eigenvalue weighted by Gasteiger charge is 2.50. The summed E-state index contributed by atoms with van der Waals surface area (Å²) in [7, 11) is -2.68. The van der Waals surface area contributed by atoms with Gasteiger partial charge in [-0.3, -0.25) is 0 Å². The molecule has 1 atom stereocenters. The molecule has 0 aliphatic heterocycles. The van der Waals surface area contributed by atoms with E-state index in [4.69, 9.17) is 0 Å². The summed E-state index contributed by atoms with van der Waals surface area (Å²) < 4.78 is 14.9. The number of hydrogen-bond donors (Lipinski definition) is 0. The van der Waals surface area contributed by atoms with Gasteiger partial charge in [0.15, 0.2) is 0 Å². The van der Waals surface area contributed by atoms with E-state index in [1.165, 1.54) is 54.6 Å². The number of rotatable bonds is 3. The van der Waals surface area contributed by atoms with Crippen LogP contribution in [0.3, 0.4) is 0 Å². The first-order chi connectivity index (χ1) is 19.4. The van der Waals surface area contributed by atoms with Crippen molar-refractivity contribution in [1.29, 1.82) is 0 Å². The van der Waals surface area contributed by atoms with Gasteiger partial charge in [0.25, 0.3) is 0 Å². The summed E-state index contributed by atoms with van der Waals surface area (Å²) >= 11 is 0. The fourth-order valence-electron chi connectivity index (χ4n) is 7.36. The van der Waals surface area contributed by atoms with Crippen LogP contribution in [0.4, 0.5) is 0 Å². The lowest BCUT2D eigenvalue weighted by Crippen LogP contribution is -2.31. The molecule has 5 aromatic rings. The van der Waals surface area contributed by atoms with Crippen LogP contribution in [0.5, 0.6) is 0 Å². The fraction of sp³-hybridized carbons (Fsp3) is 0.282. The molecule has 0 aromatic heterocycles. The summed E-state index contributed by atoms with van der Waals surface area (Å²) in [5.41, 5.74) is 5.17. The second-order valence-corrected chi connectivity index (χ2v) is 18.2. The second-order valence-electron chi connectivity index (χ2n) is 13.7. The lowest BCUT2D eigenvalue weighted by molar-refractivity contribution is 0.516. The largest absolute Gasteiger partial charge is 0.318 e. The predicted molar refractivity (Wildman–Crippen MR) is 181 cm³/mol. The number of allylic oxidation sites excluding steroid dienone is 4. The summed E-state index contributed by atoms with van der Waals surface area (Å²) in [6, 6.07) is 33.2. The maximum absolute atomic E-state index is 14.9. The van der Waals surface area contributed by atoms with Crippen molar-refractivity contribution in [3.05, 3.63) is 114 Å². The van der Waals surface area contributed by atoms with Crippen molar-refractivity contribution >= 4 is 45.0 Å². The summed E-state index contributed by atoms with van der Waals surface area (Å²) in [5, 5.41) is 8.17. The normalized spacial score (nSPS) is 16.7. The van der Waals surface area contributed by atoms with Gasteiger partial charge in [0.05, 0.1) is 0 Å². The zero-order valence-electron chi connectivity index (χ0n) is 25.5. The lowest BCUT2D eigenvalue weighted by atomic mass is 9.82. The van der Waals surface area contributed by atoms with E-state index in [1.807, 2.05) is 0 Å². The monoisotopic (exact) mass is 556 g/mol. The first-order valence-electron chi connectivity index (χ1n) is 14.9. The SMILES string of the molecule is CC1CC(c2c3ccccc3c(-c3ccc4ccccc4c3)c3ccccc23)=CC=C1P(=O)(C(C)(C)C)C(C)(C)C. The topological polar surface area (TPSA) is 17.1 Å². The van der Waals surface area contributed by atoms with Gasteiger partial charge in [-0.2, -0.15) is 0 Å². The Bertz CT molecular complexity index is 1850. The molecule has 0 saturated carbocycles. The minimum atomic E-state index is -2.68. The van der Waals surface area contributed by atoms with E-state index in [-0.39, 0.29) is 16.2 Å². The fourth-order valence-corrected chi connectivity index (χ4v) is 11.9. The van der Waals surface area contributed by atoms with Gasteiger partial charge in [-0.05, 0) is 78.3 Å². The van der Waals surface area contributed by atoms with E-state index in [2.05, 4.69) is 152 Å². The van der Waals surface area contributed by atoms with Crippen LogP contribution < -0.4 is 0 Å². The summed E-state index contributed by atoms with van der Waals surface area (Å²) in [6.45, 7) is 15.2. The molecule has 6 rings (SSSR count). The number of hydrogen-bond acceptors (Lipinski definition) is 1. The number of fused-ring (bicyclic) bond motifs is 3. The van der Waals surface area contributed by atoms with Gasteiger partial charge in [-0.15, -0.1) is 0 Å². The molecule has 0 saturated heterocycles. The van der Waals surface area contributed by atoms with E-state index in [9.17, 15) is 4.57 Å². The average molecular weight is 557 g/mol. The van der Waals surface area contributed by atoms with Gasteiger partial charge in [-0.1, -0.05) is 146 Å². The molecule has 41 heavy (non-hydrogen) atoms.